The number of carbonyl (C=O) groups is 2. The van der Waals surface area contributed by atoms with E-state index in [1.165, 1.54) is 7.11 Å². The molecule has 1 aromatic rings. The fourth-order valence-corrected chi connectivity index (χ4v) is 1.81. The summed E-state index contributed by atoms with van der Waals surface area (Å²) in [5, 5.41) is 5.83. The van der Waals surface area contributed by atoms with Gasteiger partial charge in [-0.25, -0.2) is 9.59 Å². The number of ether oxygens (including phenoxy) is 1. The molecule has 0 fully saturated rings. The first kappa shape index (κ1) is 16.3. The lowest BCUT2D eigenvalue weighted by Crippen LogP contribution is -2.44. The molecule has 0 heterocycles. The first-order chi connectivity index (χ1) is 9.42. The summed E-state index contributed by atoms with van der Waals surface area (Å²) in [6.07, 6.45) is 0.515. The molecule has 1 atom stereocenters. The smallest absolute Gasteiger partial charge is 0.328 e. The van der Waals surface area contributed by atoms with Crippen LogP contribution < -0.4 is 10.6 Å². The molecule has 0 spiro atoms. The van der Waals surface area contributed by atoms with E-state index in [2.05, 4.69) is 15.4 Å². The molecular weight excluding hydrogens is 280 g/mol. The number of amides is 2. The second-order valence-electron chi connectivity index (χ2n) is 4.81. The van der Waals surface area contributed by atoms with E-state index < -0.39 is 18.0 Å². The van der Waals surface area contributed by atoms with E-state index in [1.807, 2.05) is 13.8 Å². The third kappa shape index (κ3) is 5.48. The van der Waals surface area contributed by atoms with E-state index in [-0.39, 0.29) is 5.92 Å². The first-order valence-electron chi connectivity index (χ1n) is 6.33. The normalized spacial score (nSPS) is 11.8. The van der Waals surface area contributed by atoms with Crippen molar-refractivity contribution in [1.29, 1.82) is 0 Å². The highest BCUT2D eigenvalue weighted by Crippen LogP contribution is 2.13. The highest BCUT2D eigenvalue weighted by atomic mass is 35.5. The van der Waals surface area contributed by atoms with Crippen molar-refractivity contribution in [2.24, 2.45) is 5.92 Å². The molecule has 1 rings (SSSR count). The molecule has 6 heteroatoms. The Morgan fingerprint density at radius 1 is 1.25 bits per heavy atom. The zero-order chi connectivity index (χ0) is 15.1. The summed E-state index contributed by atoms with van der Waals surface area (Å²) in [4.78, 5) is 23.4. The van der Waals surface area contributed by atoms with Gasteiger partial charge in [-0.3, -0.25) is 0 Å². The Balaban J connectivity index is 2.61. The highest BCUT2D eigenvalue weighted by Gasteiger charge is 2.22. The van der Waals surface area contributed by atoms with Gasteiger partial charge in [0.2, 0.25) is 0 Å². The van der Waals surface area contributed by atoms with Gasteiger partial charge in [-0.2, -0.15) is 0 Å². The minimum absolute atomic E-state index is 0.259. The molecule has 0 aliphatic heterocycles. The van der Waals surface area contributed by atoms with Crippen LogP contribution in [0.4, 0.5) is 10.5 Å². The van der Waals surface area contributed by atoms with Crippen molar-refractivity contribution in [3.8, 4) is 0 Å². The van der Waals surface area contributed by atoms with Crippen LogP contribution in [0.5, 0.6) is 0 Å². The molecule has 0 saturated carbocycles. The lowest BCUT2D eigenvalue weighted by atomic mass is 10.0. The number of nitrogens with one attached hydrogen (secondary N) is 2. The zero-order valence-electron chi connectivity index (χ0n) is 11.8. The number of esters is 1. The summed E-state index contributed by atoms with van der Waals surface area (Å²) in [5.74, 6) is -0.195. The van der Waals surface area contributed by atoms with Crippen LogP contribution in [0, 0.1) is 5.92 Å². The van der Waals surface area contributed by atoms with Gasteiger partial charge in [-0.15, -0.1) is 0 Å². The van der Waals surface area contributed by atoms with Gasteiger partial charge in [0.1, 0.15) is 6.04 Å². The molecule has 5 nitrogen and oxygen atoms in total. The van der Waals surface area contributed by atoms with Gasteiger partial charge in [-0.05, 0) is 36.6 Å². The van der Waals surface area contributed by atoms with Crippen molar-refractivity contribution in [2.45, 2.75) is 26.3 Å². The number of methoxy groups -OCH3 is 1. The average Bonchev–Trinajstić information content (AvgIpc) is 2.39. The second-order valence-corrected chi connectivity index (χ2v) is 5.25. The van der Waals surface area contributed by atoms with Crippen LogP contribution >= 0.6 is 11.6 Å². The molecule has 1 aromatic carbocycles. The molecule has 110 valence electrons. The number of urea groups is 1. The van der Waals surface area contributed by atoms with Gasteiger partial charge in [0, 0.05) is 10.7 Å². The predicted octanol–water partition coefficient (Wildman–Crippen LogP) is 3.05. The average molecular weight is 299 g/mol. The maximum Gasteiger partial charge on any atom is 0.328 e. The fourth-order valence-electron chi connectivity index (χ4n) is 1.69. The van der Waals surface area contributed by atoms with E-state index >= 15 is 0 Å². The Morgan fingerprint density at radius 2 is 1.85 bits per heavy atom. The lowest BCUT2D eigenvalue weighted by Gasteiger charge is -2.18. The monoisotopic (exact) mass is 298 g/mol. The van der Waals surface area contributed by atoms with Gasteiger partial charge in [0.25, 0.3) is 0 Å². The number of carbonyl (C=O) groups excluding carboxylic acids is 2. The summed E-state index contributed by atoms with van der Waals surface area (Å²) < 4.78 is 4.68. The van der Waals surface area contributed by atoms with Crippen molar-refractivity contribution in [3.63, 3.8) is 0 Å². The van der Waals surface area contributed by atoms with Gasteiger partial charge in [0.05, 0.1) is 7.11 Å². The summed E-state index contributed by atoms with van der Waals surface area (Å²) in [7, 11) is 1.30. The molecule has 2 N–H and O–H groups in total. The van der Waals surface area contributed by atoms with Crippen molar-refractivity contribution < 1.29 is 14.3 Å². The maximum absolute atomic E-state index is 11.8. The summed E-state index contributed by atoms with van der Waals surface area (Å²) in [6.45, 7) is 3.93. The minimum Gasteiger partial charge on any atom is -0.467 e. The van der Waals surface area contributed by atoms with E-state index in [4.69, 9.17) is 11.6 Å². The van der Waals surface area contributed by atoms with Crippen molar-refractivity contribution in [1.82, 2.24) is 5.32 Å². The molecular formula is C14H19ClN2O3. The van der Waals surface area contributed by atoms with Crippen molar-refractivity contribution in [3.05, 3.63) is 29.3 Å². The Kier molecular flexibility index (Phi) is 6.31. The van der Waals surface area contributed by atoms with Crippen LogP contribution in [-0.4, -0.2) is 25.2 Å². The lowest BCUT2D eigenvalue weighted by molar-refractivity contribution is -0.143. The molecule has 0 bridgehead atoms. The maximum atomic E-state index is 11.8. The third-order valence-electron chi connectivity index (χ3n) is 2.60. The number of rotatable bonds is 5. The Hall–Kier alpha value is -1.75. The molecule has 0 saturated heterocycles. The van der Waals surface area contributed by atoms with E-state index in [9.17, 15) is 9.59 Å². The van der Waals surface area contributed by atoms with Crippen LogP contribution in [0.15, 0.2) is 24.3 Å². The Labute approximate surface area is 123 Å². The molecule has 2 amide bonds. The standard InChI is InChI=1S/C14H19ClN2O3/c1-9(2)8-12(13(18)20-3)17-14(19)16-11-6-4-10(15)5-7-11/h4-7,9,12H,8H2,1-3H3,(H2,16,17,19)/t12-/m1/s1. The van der Waals surface area contributed by atoms with E-state index in [0.717, 1.165) is 0 Å². The first-order valence-corrected chi connectivity index (χ1v) is 6.71. The summed E-state index contributed by atoms with van der Waals surface area (Å²) in [5.41, 5.74) is 0.597. The molecule has 0 aliphatic rings. The van der Waals surface area contributed by atoms with Crippen LogP contribution in [0.2, 0.25) is 5.02 Å². The minimum atomic E-state index is -0.660. The van der Waals surface area contributed by atoms with Crippen LogP contribution in [0.25, 0.3) is 0 Å². The molecule has 20 heavy (non-hydrogen) atoms. The second kappa shape index (κ2) is 7.75. The van der Waals surface area contributed by atoms with Gasteiger partial charge >= 0.3 is 12.0 Å². The number of hydrogen-bond donors (Lipinski definition) is 2. The Morgan fingerprint density at radius 3 is 2.35 bits per heavy atom. The number of anilines is 1. The molecule has 0 unspecified atom stereocenters. The molecule has 0 aliphatic carbocycles. The topological polar surface area (TPSA) is 67.4 Å². The van der Waals surface area contributed by atoms with Gasteiger partial charge in [-0.1, -0.05) is 25.4 Å². The number of benzene rings is 1. The zero-order valence-corrected chi connectivity index (χ0v) is 12.5. The van der Waals surface area contributed by atoms with Gasteiger partial charge in [0.15, 0.2) is 0 Å². The van der Waals surface area contributed by atoms with Crippen LogP contribution in [-0.2, 0) is 9.53 Å². The summed E-state index contributed by atoms with van der Waals surface area (Å²) in [6, 6.07) is 5.58. The van der Waals surface area contributed by atoms with Gasteiger partial charge < -0.3 is 15.4 Å². The predicted molar refractivity (Wildman–Crippen MR) is 78.9 cm³/mol. The molecule has 0 radical (unpaired) electrons. The van der Waals surface area contributed by atoms with Crippen molar-refractivity contribution >= 4 is 29.3 Å². The third-order valence-corrected chi connectivity index (χ3v) is 2.85. The number of hydrogen-bond acceptors (Lipinski definition) is 3. The summed E-state index contributed by atoms with van der Waals surface area (Å²) >= 11 is 5.76. The molecule has 0 aromatic heterocycles. The van der Waals surface area contributed by atoms with E-state index in [0.29, 0.717) is 17.1 Å². The Bertz CT molecular complexity index is 460. The number of halogens is 1. The van der Waals surface area contributed by atoms with Crippen molar-refractivity contribution in [2.75, 3.05) is 12.4 Å². The van der Waals surface area contributed by atoms with Crippen LogP contribution in [0.3, 0.4) is 0 Å². The van der Waals surface area contributed by atoms with Crippen LogP contribution in [0.1, 0.15) is 20.3 Å². The highest BCUT2D eigenvalue weighted by molar-refractivity contribution is 6.30. The van der Waals surface area contributed by atoms with E-state index in [1.54, 1.807) is 24.3 Å². The SMILES string of the molecule is COC(=O)[C@@H](CC(C)C)NC(=O)Nc1ccc(Cl)cc1. The fraction of sp³-hybridized carbons (Fsp3) is 0.429. The quantitative estimate of drug-likeness (QED) is 0.821. The largest absolute Gasteiger partial charge is 0.467 e.